The molecule has 0 aliphatic rings. The van der Waals surface area contributed by atoms with E-state index in [9.17, 15) is 5.11 Å². The smallest absolute Gasteiger partial charge is 0.151 e. The number of halogens is 1. The topological polar surface area (TPSA) is 59.4 Å². The molecule has 1 unspecified atom stereocenters. The van der Waals surface area contributed by atoms with Crippen molar-refractivity contribution in [1.82, 2.24) is 0 Å². The van der Waals surface area contributed by atoms with Gasteiger partial charge in [-0.15, -0.1) is 0 Å². The third-order valence-corrected chi connectivity index (χ3v) is 3.01. The standard InChI is InChI=1S/C11H12BrNO2/c1-6(13)4-8-5-7-2-3-15-11(7)9(12)10(8)14/h2-3,5-6,14H,4,13H2,1H3. The van der Waals surface area contributed by atoms with E-state index in [2.05, 4.69) is 15.9 Å². The number of nitrogens with two attached hydrogens (primary N) is 1. The predicted octanol–water partition coefficient (Wildman–Crippen LogP) is 2.79. The van der Waals surface area contributed by atoms with Crippen molar-refractivity contribution in [1.29, 1.82) is 0 Å². The predicted molar refractivity (Wildman–Crippen MR) is 62.9 cm³/mol. The molecule has 3 nitrogen and oxygen atoms in total. The molecule has 0 bridgehead atoms. The van der Waals surface area contributed by atoms with Crippen LogP contribution in [-0.4, -0.2) is 11.1 Å². The lowest BCUT2D eigenvalue weighted by Crippen LogP contribution is -2.17. The molecular weight excluding hydrogens is 258 g/mol. The Hall–Kier alpha value is -1.00. The van der Waals surface area contributed by atoms with Gasteiger partial charge in [0.1, 0.15) is 10.2 Å². The van der Waals surface area contributed by atoms with E-state index in [1.807, 2.05) is 19.1 Å². The minimum atomic E-state index is 0.0205. The first-order valence-corrected chi connectivity index (χ1v) is 5.52. The molecule has 0 aliphatic carbocycles. The lowest BCUT2D eigenvalue weighted by molar-refractivity contribution is 0.461. The van der Waals surface area contributed by atoms with Crippen molar-refractivity contribution >= 4 is 26.9 Å². The fourth-order valence-corrected chi connectivity index (χ4v) is 2.20. The van der Waals surface area contributed by atoms with E-state index >= 15 is 0 Å². The third kappa shape index (κ3) is 1.87. The number of fused-ring (bicyclic) bond motifs is 1. The van der Waals surface area contributed by atoms with Crippen molar-refractivity contribution in [3.8, 4) is 5.75 Å². The molecule has 0 amide bonds. The normalized spacial score (nSPS) is 13.3. The zero-order chi connectivity index (χ0) is 11.0. The number of benzene rings is 1. The largest absolute Gasteiger partial charge is 0.506 e. The van der Waals surface area contributed by atoms with Crippen LogP contribution in [0, 0.1) is 0 Å². The quantitative estimate of drug-likeness (QED) is 0.882. The minimum absolute atomic E-state index is 0.0205. The summed E-state index contributed by atoms with van der Waals surface area (Å²) < 4.78 is 5.85. The van der Waals surface area contributed by atoms with Gasteiger partial charge in [-0.1, -0.05) is 0 Å². The van der Waals surface area contributed by atoms with Gasteiger partial charge < -0.3 is 15.3 Å². The summed E-state index contributed by atoms with van der Waals surface area (Å²) in [4.78, 5) is 0. The summed E-state index contributed by atoms with van der Waals surface area (Å²) in [5.41, 5.74) is 7.22. The highest BCUT2D eigenvalue weighted by Crippen LogP contribution is 2.36. The molecule has 1 aromatic carbocycles. The fourth-order valence-electron chi connectivity index (χ4n) is 1.62. The van der Waals surface area contributed by atoms with Crippen molar-refractivity contribution in [3.05, 3.63) is 28.4 Å². The fraction of sp³-hybridized carbons (Fsp3) is 0.273. The number of hydrogen-bond donors (Lipinski definition) is 2. The first kappa shape index (κ1) is 10.5. The van der Waals surface area contributed by atoms with Gasteiger partial charge in [-0.05, 0) is 47.0 Å². The van der Waals surface area contributed by atoms with Gasteiger partial charge in [0.2, 0.25) is 0 Å². The van der Waals surface area contributed by atoms with Crippen LogP contribution in [0.4, 0.5) is 0 Å². The van der Waals surface area contributed by atoms with Crippen molar-refractivity contribution in [2.75, 3.05) is 0 Å². The van der Waals surface area contributed by atoms with Crippen LogP contribution in [0.25, 0.3) is 11.0 Å². The molecule has 3 N–H and O–H groups in total. The van der Waals surface area contributed by atoms with Crippen LogP contribution in [0.1, 0.15) is 12.5 Å². The Bertz CT molecular complexity index is 491. The average molecular weight is 270 g/mol. The second-order valence-electron chi connectivity index (χ2n) is 3.72. The number of phenolic OH excluding ortho intramolecular Hbond substituents is 1. The molecular formula is C11H12BrNO2. The van der Waals surface area contributed by atoms with Gasteiger partial charge in [0.15, 0.2) is 5.58 Å². The molecule has 1 aromatic heterocycles. The maximum absolute atomic E-state index is 9.90. The highest BCUT2D eigenvalue weighted by molar-refractivity contribution is 9.10. The highest BCUT2D eigenvalue weighted by Gasteiger charge is 2.13. The van der Waals surface area contributed by atoms with Crippen LogP contribution in [0.3, 0.4) is 0 Å². The summed E-state index contributed by atoms with van der Waals surface area (Å²) in [6, 6.07) is 3.79. The SMILES string of the molecule is CC(N)Cc1cc2ccoc2c(Br)c1O. The Morgan fingerprint density at radius 3 is 3.00 bits per heavy atom. The molecule has 0 saturated carbocycles. The molecule has 1 heterocycles. The Kier molecular flexibility index (Phi) is 2.71. The van der Waals surface area contributed by atoms with E-state index in [0.717, 1.165) is 10.9 Å². The Labute approximate surface area is 96.0 Å². The molecule has 0 aliphatic heterocycles. The maximum atomic E-state index is 9.90. The highest BCUT2D eigenvalue weighted by atomic mass is 79.9. The third-order valence-electron chi connectivity index (χ3n) is 2.28. The van der Waals surface area contributed by atoms with Crippen LogP contribution in [0.5, 0.6) is 5.75 Å². The van der Waals surface area contributed by atoms with Crippen LogP contribution in [0.15, 0.2) is 27.3 Å². The summed E-state index contributed by atoms with van der Waals surface area (Å²) >= 11 is 3.32. The van der Waals surface area contributed by atoms with Gasteiger partial charge in [-0.3, -0.25) is 0 Å². The Morgan fingerprint density at radius 1 is 1.60 bits per heavy atom. The number of hydrogen-bond acceptors (Lipinski definition) is 3. The Balaban J connectivity index is 2.59. The number of rotatable bonds is 2. The lowest BCUT2D eigenvalue weighted by Gasteiger charge is -2.09. The summed E-state index contributed by atoms with van der Waals surface area (Å²) in [7, 11) is 0. The van der Waals surface area contributed by atoms with Crippen molar-refractivity contribution in [2.45, 2.75) is 19.4 Å². The molecule has 0 fully saturated rings. The van der Waals surface area contributed by atoms with E-state index in [1.54, 1.807) is 6.26 Å². The number of aromatic hydroxyl groups is 1. The molecule has 1 atom stereocenters. The van der Waals surface area contributed by atoms with Gasteiger partial charge in [0, 0.05) is 11.4 Å². The minimum Gasteiger partial charge on any atom is -0.506 e. The van der Waals surface area contributed by atoms with E-state index < -0.39 is 0 Å². The van der Waals surface area contributed by atoms with Crippen molar-refractivity contribution < 1.29 is 9.52 Å². The van der Waals surface area contributed by atoms with Gasteiger partial charge in [-0.25, -0.2) is 0 Å². The van der Waals surface area contributed by atoms with Gasteiger partial charge >= 0.3 is 0 Å². The van der Waals surface area contributed by atoms with E-state index in [0.29, 0.717) is 16.5 Å². The molecule has 0 saturated heterocycles. The van der Waals surface area contributed by atoms with Crippen LogP contribution in [-0.2, 0) is 6.42 Å². The van der Waals surface area contributed by atoms with Crippen molar-refractivity contribution in [3.63, 3.8) is 0 Å². The summed E-state index contributed by atoms with van der Waals surface area (Å²) in [6.45, 7) is 1.91. The molecule has 2 aromatic rings. The monoisotopic (exact) mass is 269 g/mol. The van der Waals surface area contributed by atoms with E-state index in [-0.39, 0.29) is 11.8 Å². The average Bonchev–Trinajstić information content (AvgIpc) is 2.61. The van der Waals surface area contributed by atoms with Crippen LogP contribution < -0.4 is 5.73 Å². The first-order valence-electron chi connectivity index (χ1n) is 4.72. The molecule has 80 valence electrons. The van der Waals surface area contributed by atoms with Gasteiger partial charge in [-0.2, -0.15) is 0 Å². The zero-order valence-corrected chi connectivity index (χ0v) is 9.91. The molecule has 0 spiro atoms. The maximum Gasteiger partial charge on any atom is 0.151 e. The summed E-state index contributed by atoms with van der Waals surface area (Å²) in [5, 5.41) is 10.9. The lowest BCUT2D eigenvalue weighted by atomic mass is 10.0. The van der Waals surface area contributed by atoms with E-state index in [1.165, 1.54) is 0 Å². The number of furan rings is 1. The van der Waals surface area contributed by atoms with E-state index in [4.69, 9.17) is 10.2 Å². The van der Waals surface area contributed by atoms with Crippen LogP contribution >= 0.6 is 15.9 Å². The summed E-state index contributed by atoms with van der Waals surface area (Å²) in [6.07, 6.45) is 2.25. The first-order chi connectivity index (χ1) is 7.09. The molecule has 15 heavy (non-hydrogen) atoms. The Morgan fingerprint density at radius 2 is 2.33 bits per heavy atom. The summed E-state index contributed by atoms with van der Waals surface area (Å²) in [5.74, 6) is 0.217. The van der Waals surface area contributed by atoms with Gasteiger partial charge in [0.25, 0.3) is 0 Å². The number of phenols is 1. The molecule has 4 heteroatoms. The molecule has 0 radical (unpaired) electrons. The second-order valence-corrected chi connectivity index (χ2v) is 4.51. The van der Waals surface area contributed by atoms with Gasteiger partial charge in [0.05, 0.1) is 6.26 Å². The zero-order valence-electron chi connectivity index (χ0n) is 8.33. The van der Waals surface area contributed by atoms with Crippen LogP contribution in [0.2, 0.25) is 0 Å². The van der Waals surface area contributed by atoms with Crippen molar-refractivity contribution in [2.24, 2.45) is 5.73 Å². The second kappa shape index (κ2) is 3.87. The molecule has 2 rings (SSSR count).